The van der Waals surface area contributed by atoms with E-state index in [-0.39, 0.29) is 5.41 Å². The van der Waals surface area contributed by atoms with Crippen LogP contribution in [0.1, 0.15) is 25.0 Å². The van der Waals surface area contributed by atoms with Crippen LogP contribution in [0.5, 0.6) is 0 Å². The molecule has 0 N–H and O–H groups in total. The van der Waals surface area contributed by atoms with Gasteiger partial charge in [-0.25, -0.2) is 0 Å². The lowest BCUT2D eigenvalue weighted by molar-refractivity contribution is 0.661. The lowest BCUT2D eigenvalue weighted by Crippen LogP contribution is -2.14. The fourth-order valence-corrected chi connectivity index (χ4v) is 9.30. The van der Waals surface area contributed by atoms with Crippen molar-refractivity contribution >= 4 is 54.3 Å². The normalized spacial score (nSPS) is 13.3. The first-order chi connectivity index (χ1) is 25.6. The first-order valence-electron chi connectivity index (χ1n) is 18.2. The average Bonchev–Trinajstić information content (AvgIpc) is 3.69. The Kier molecular flexibility index (Phi) is 6.08. The van der Waals surface area contributed by atoms with Crippen molar-refractivity contribution in [2.75, 3.05) is 0 Å². The Bertz CT molecular complexity index is 3040. The summed E-state index contributed by atoms with van der Waals surface area (Å²) in [5, 5.41) is 9.89. The molecule has 244 valence electrons. The van der Waals surface area contributed by atoms with Crippen molar-refractivity contribution < 1.29 is 4.42 Å². The van der Waals surface area contributed by atoms with Gasteiger partial charge >= 0.3 is 0 Å². The maximum atomic E-state index is 6.58. The topological polar surface area (TPSA) is 13.1 Å². The average molecular weight is 663 g/mol. The number of rotatable bonds is 3. The van der Waals surface area contributed by atoms with Crippen LogP contribution in [0.15, 0.2) is 174 Å². The molecule has 1 aliphatic carbocycles. The van der Waals surface area contributed by atoms with Crippen molar-refractivity contribution in [3.8, 4) is 44.5 Å². The monoisotopic (exact) mass is 662 g/mol. The van der Waals surface area contributed by atoms with Crippen LogP contribution in [-0.4, -0.2) is 0 Å². The van der Waals surface area contributed by atoms with Crippen LogP contribution in [0.2, 0.25) is 0 Å². The summed E-state index contributed by atoms with van der Waals surface area (Å²) in [5.74, 6) is 0. The molecule has 0 saturated heterocycles. The van der Waals surface area contributed by atoms with E-state index < -0.39 is 0 Å². The van der Waals surface area contributed by atoms with Gasteiger partial charge in [-0.1, -0.05) is 172 Å². The molecule has 0 aliphatic heterocycles. The summed E-state index contributed by atoms with van der Waals surface area (Å²) in [6.07, 6.45) is 0. The van der Waals surface area contributed by atoms with Crippen molar-refractivity contribution in [2.24, 2.45) is 0 Å². The Morgan fingerprint density at radius 2 is 0.923 bits per heavy atom. The Labute approximate surface area is 302 Å². The summed E-state index contributed by atoms with van der Waals surface area (Å²) in [6, 6.07) is 62.4. The highest BCUT2D eigenvalue weighted by Crippen LogP contribution is 2.54. The predicted molar refractivity (Wildman–Crippen MR) is 220 cm³/mol. The molecule has 10 aromatic rings. The summed E-state index contributed by atoms with van der Waals surface area (Å²) < 4.78 is 6.58. The summed E-state index contributed by atoms with van der Waals surface area (Å²) in [5.41, 5.74) is 14.5. The molecular weight excluding hydrogens is 629 g/mol. The van der Waals surface area contributed by atoms with E-state index in [4.69, 9.17) is 4.42 Å². The van der Waals surface area contributed by atoms with Crippen molar-refractivity contribution in [1.29, 1.82) is 0 Å². The molecule has 52 heavy (non-hydrogen) atoms. The molecule has 0 amide bonds. The summed E-state index contributed by atoms with van der Waals surface area (Å²) in [4.78, 5) is 0. The smallest absolute Gasteiger partial charge is 0.143 e. The number of hydrogen-bond donors (Lipinski definition) is 0. The molecule has 0 fully saturated rings. The zero-order chi connectivity index (χ0) is 34.6. The van der Waals surface area contributed by atoms with Crippen molar-refractivity contribution in [3.63, 3.8) is 0 Å². The third kappa shape index (κ3) is 3.99. The van der Waals surface area contributed by atoms with Crippen LogP contribution in [0.25, 0.3) is 98.8 Å². The van der Waals surface area contributed by atoms with Crippen LogP contribution in [-0.2, 0) is 5.41 Å². The molecule has 0 atom stereocenters. The van der Waals surface area contributed by atoms with Gasteiger partial charge < -0.3 is 4.42 Å². The number of para-hydroxylation sites is 2. The maximum absolute atomic E-state index is 6.58. The fraction of sp³-hybridized carbons (Fsp3) is 0.0588. The Hall–Kier alpha value is -6.44. The second-order valence-electron chi connectivity index (χ2n) is 14.8. The second-order valence-corrected chi connectivity index (χ2v) is 14.8. The van der Waals surface area contributed by atoms with E-state index >= 15 is 0 Å². The minimum absolute atomic E-state index is 0.0758. The molecule has 1 aromatic heterocycles. The Balaban J connectivity index is 1.19. The molecule has 0 unspecified atom stereocenters. The Morgan fingerprint density at radius 1 is 0.365 bits per heavy atom. The van der Waals surface area contributed by atoms with E-state index in [9.17, 15) is 0 Å². The highest BCUT2D eigenvalue weighted by Gasteiger charge is 2.36. The number of hydrogen-bond acceptors (Lipinski definition) is 1. The van der Waals surface area contributed by atoms with Crippen LogP contribution < -0.4 is 0 Å². The lowest BCUT2D eigenvalue weighted by atomic mass is 9.81. The molecule has 0 saturated carbocycles. The van der Waals surface area contributed by atoms with E-state index in [2.05, 4.69) is 178 Å². The van der Waals surface area contributed by atoms with Crippen LogP contribution in [0.3, 0.4) is 0 Å². The quantitative estimate of drug-likeness (QED) is 0.172. The fourth-order valence-electron chi connectivity index (χ4n) is 9.30. The number of fused-ring (bicyclic) bond motifs is 10. The zero-order valence-electron chi connectivity index (χ0n) is 29.1. The maximum Gasteiger partial charge on any atom is 0.143 e. The van der Waals surface area contributed by atoms with E-state index in [0.717, 1.165) is 27.5 Å². The van der Waals surface area contributed by atoms with Gasteiger partial charge in [0.1, 0.15) is 11.2 Å². The van der Waals surface area contributed by atoms with Gasteiger partial charge in [0, 0.05) is 21.8 Å². The molecule has 11 rings (SSSR count). The standard InChI is InChI=1S/C51H34O/c1-51(2)44-28-27-32(30-43(44)49-33-15-4-3-14-31(33)26-29-45(49)51)47-37-19-7-9-21-39(37)48(40-22-10-8-20-38(40)47)36-18-6-5-16-34(36)41-23-13-24-42-35-17-11-12-25-46(35)52-50(41)42/h3-30H,1-2H3. The third-order valence-corrected chi connectivity index (χ3v) is 11.7. The molecule has 1 aliphatic rings. The minimum atomic E-state index is -0.0758. The van der Waals surface area contributed by atoms with Gasteiger partial charge in [-0.3, -0.25) is 0 Å². The van der Waals surface area contributed by atoms with E-state index in [1.54, 1.807) is 0 Å². The highest BCUT2D eigenvalue weighted by atomic mass is 16.3. The second kappa shape index (κ2) is 10.8. The van der Waals surface area contributed by atoms with E-state index in [1.165, 1.54) is 82.4 Å². The van der Waals surface area contributed by atoms with Gasteiger partial charge in [0.05, 0.1) is 0 Å². The summed E-state index contributed by atoms with van der Waals surface area (Å²) in [7, 11) is 0. The van der Waals surface area contributed by atoms with Gasteiger partial charge in [-0.05, 0) is 94.5 Å². The first-order valence-corrected chi connectivity index (χ1v) is 18.2. The highest BCUT2D eigenvalue weighted by molar-refractivity contribution is 6.23. The lowest BCUT2D eigenvalue weighted by Gasteiger charge is -2.22. The van der Waals surface area contributed by atoms with Gasteiger partial charge in [0.2, 0.25) is 0 Å². The third-order valence-electron chi connectivity index (χ3n) is 11.7. The molecule has 1 heteroatoms. The number of benzene rings is 9. The van der Waals surface area contributed by atoms with Gasteiger partial charge in [-0.2, -0.15) is 0 Å². The predicted octanol–water partition coefficient (Wildman–Crippen LogP) is 14.4. The summed E-state index contributed by atoms with van der Waals surface area (Å²) in [6.45, 7) is 4.74. The zero-order valence-corrected chi connectivity index (χ0v) is 29.1. The van der Waals surface area contributed by atoms with Crippen LogP contribution in [0, 0.1) is 0 Å². The summed E-state index contributed by atoms with van der Waals surface area (Å²) >= 11 is 0. The minimum Gasteiger partial charge on any atom is -0.455 e. The molecule has 1 nitrogen and oxygen atoms in total. The van der Waals surface area contributed by atoms with Crippen molar-refractivity contribution in [2.45, 2.75) is 19.3 Å². The van der Waals surface area contributed by atoms with Gasteiger partial charge in [0.15, 0.2) is 0 Å². The Morgan fingerprint density at radius 3 is 1.67 bits per heavy atom. The van der Waals surface area contributed by atoms with Gasteiger partial charge in [0.25, 0.3) is 0 Å². The molecule has 9 aromatic carbocycles. The van der Waals surface area contributed by atoms with E-state index in [1.807, 2.05) is 6.07 Å². The van der Waals surface area contributed by atoms with Crippen LogP contribution >= 0.6 is 0 Å². The SMILES string of the molecule is CC1(C)c2ccc(-c3c4ccccc4c(-c4ccccc4-c4cccc5c4oc4ccccc45)c4ccccc34)cc2-c2c1ccc1ccccc21. The van der Waals surface area contributed by atoms with E-state index in [0.29, 0.717) is 0 Å². The van der Waals surface area contributed by atoms with Crippen LogP contribution in [0.4, 0.5) is 0 Å². The molecule has 0 radical (unpaired) electrons. The first kappa shape index (κ1) is 29.3. The van der Waals surface area contributed by atoms with Crippen molar-refractivity contribution in [1.82, 2.24) is 0 Å². The molecule has 0 bridgehead atoms. The largest absolute Gasteiger partial charge is 0.455 e. The number of furan rings is 1. The molecule has 1 heterocycles. The molecule has 0 spiro atoms. The molecular formula is C51H34O. The van der Waals surface area contributed by atoms with Gasteiger partial charge in [-0.15, -0.1) is 0 Å². The van der Waals surface area contributed by atoms with Crippen molar-refractivity contribution in [3.05, 3.63) is 181 Å².